The van der Waals surface area contributed by atoms with E-state index in [2.05, 4.69) is 22.0 Å². The van der Waals surface area contributed by atoms with Gasteiger partial charge in [-0.1, -0.05) is 35.8 Å². The highest BCUT2D eigenvalue weighted by Crippen LogP contribution is 2.33. The van der Waals surface area contributed by atoms with Crippen molar-refractivity contribution in [3.8, 4) is 6.07 Å². The lowest BCUT2D eigenvalue weighted by molar-refractivity contribution is 0.411. The van der Waals surface area contributed by atoms with E-state index in [1.807, 2.05) is 13.8 Å². The Kier molecular flexibility index (Phi) is 3.51. The Morgan fingerprint density at radius 2 is 2.07 bits per heavy atom. The highest BCUT2D eigenvalue weighted by Gasteiger charge is 2.32. The summed E-state index contributed by atoms with van der Waals surface area (Å²) in [5.41, 5.74) is -0.312. The van der Waals surface area contributed by atoms with Crippen LogP contribution in [0.25, 0.3) is 0 Å². The average Bonchev–Trinajstić information content (AvgIpc) is 2.16. The number of nitriles is 1. The molecule has 0 radical (unpaired) electrons. The molecule has 0 fully saturated rings. The van der Waals surface area contributed by atoms with E-state index in [1.165, 1.54) is 6.07 Å². The van der Waals surface area contributed by atoms with E-state index in [9.17, 15) is 9.65 Å². The van der Waals surface area contributed by atoms with Crippen molar-refractivity contribution >= 4 is 15.9 Å². The van der Waals surface area contributed by atoms with Crippen LogP contribution in [0, 0.1) is 23.1 Å². The van der Waals surface area contributed by atoms with E-state index in [-0.39, 0.29) is 11.7 Å². The van der Waals surface area contributed by atoms with E-state index < -0.39 is 5.41 Å². The first-order valence-electron chi connectivity index (χ1n) is 4.78. The van der Waals surface area contributed by atoms with Crippen LogP contribution in [0.2, 0.25) is 0 Å². The van der Waals surface area contributed by atoms with Gasteiger partial charge in [-0.2, -0.15) is 5.26 Å². The maximum atomic E-state index is 13.7. The van der Waals surface area contributed by atoms with Crippen LogP contribution in [-0.2, 0) is 5.41 Å². The van der Waals surface area contributed by atoms with E-state index in [0.29, 0.717) is 10.0 Å². The lowest BCUT2D eigenvalue weighted by Gasteiger charge is -2.26. The van der Waals surface area contributed by atoms with Crippen molar-refractivity contribution in [3.05, 3.63) is 34.1 Å². The molecular formula is C12H13BrFN. The van der Waals surface area contributed by atoms with Gasteiger partial charge in [-0.3, -0.25) is 0 Å². The summed E-state index contributed by atoms with van der Waals surface area (Å²) in [7, 11) is 0. The molecule has 1 unspecified atom stereocenters. The molecule has 0 bridgehead atoms. The third-order valence-electron chi connectivity index (χ3n) is 2.88. The van der Waals surface area contributed by atoms with E-state index in [4.69, 9.17) is 0 Å². The fourth-order valence-electron chi connectivity index (χ4n) is 1.41. The van der Waals surface area contributed by atoms with Gasteiger partial charge in [-0.15, -0.1) is 0 Å². The minimum atomic E-state index is -0.773. The zero-order valence-electron chi connectivity index (χ0n) is 9.01. The van der Waals surface area contributed by atoms with Crippen LogP contribution in [0.4, 0.5) is 4.39 Å². The largest absolute Gasteiger partial charge is 0.207 e. The summed E-state index contributed by atoms with van der Waals surface area (Å²) >= 11 is 3.20. The first-order valence-corrected chi connectivity index (χ1v) is 5.58. The molecule has 0 aliphatic carbocycles. The van der Waals surface area contributed by atoms with E-state index >= 15 is 0 Å². The fourth-order valence-corrected chi connectivity index (χ4v) is 1.74. The normalized spacial score (nSPS) is 14.7. The van der Waals surface area contributed by atoms with Gasteiger partial charge in [0.05, 0.1) is 11.5 Å². The molecular weight excluding hydrogens is 257 g/mol. The molecule has 0 N–H and O–H groups in total. The van der Waals surface area contributed by atoms with E-state index in [0.717, 1.165) is 0 Å². The third kappa shape index (κ3) is 2.21. The highest BCUT2D eigenvalue weighted by molar-refractivity contribution is 9.10. The standard InChI is InChI=1S/C12H13BrFN/c1-8(2)12(3,7-15)10-5-4-9(13)6-11(10)14/h4-6,8H,1-3H3. The minimum absolute atomic E-state index is 0.0678. The minimum Gasteiger partial charge on any atom is -0.207 e. The van der Waals surface area contributed by atoms with Crippen LogP contribution < -0.4 is 0 Å². The molecule has 0 aromatic heterocycles. The van der Waals surface area contributed by atoms with Gasteiger partial charge in [0.2, 0.25) is 0 Å². The Bertz CT molecular complexity index is 409. The third-order valence-corrected chi connectivity index (χ3v) is 3.37. The zero-order chi connectivity index (χ0) is 11.6. The van der Waals surface area contributed by atoms with Crippen molar-refractivity contribution in [1.82, 2.24) is 0 Å². The van der Waals surface area contributed by atoms with Gasteiger partial charge in [-0.25, -0.2) is 4.39 Å². The molecule has 15 heavy (non-hydrogen) atoms. The van der Waals surface area contributed by atoms with Crippen LogP contribution in [0.1, 0.15) is 26.3 Å². The highest BCUT2D eigenvalue weighted by atomic mass is 79.9. The van der Waals surface area contributed by atoms with Gasteiger partial charge >= 0.3 is 0 Å². The lowest BCUT2D eigenvalue weighted by atomic mass is 9.74. The predicted octanol–water partition coefficient (Wildman–Crippen LogP) is 4.03. The Morgan fingerprint density at radius 3 is 2.47 bits per heavy atom. The number of hydrogen-bond acceptors (Lipinski definition) is 1. The molecule has 0 heterocycles. The summed E-state index contributed by atoms with van der Waals surface area (Å²) in [6.07, 6.45) is 0. The van der Waals surface area contributed by atoms with Gasteiger partial charge in [0, 0.05) is 10.0 Å². The SMILES string of the molecule is CC(C)C(C)(C#N)c1ccc(Br)cc1F. The number of benzene rings is 1. The smallest absolute Gasteiger partial charge is 0.129 e. The molecule has 1 aromatic carbocycles. The molecule has 0 spiro atoms. The summed E-state index contributed by atoms with van der Waals surface area (Å²) in [6, 6.07) is 7.02. The molecule has 1 rings (SSSR count). The molecule has 0 aliphatic rings. The second-order valence-electron chi connectivity index (χ2n) is 4.09. The summed E-state index contributed by atoms with van der Waals surface area (Å²) < 4.78 is 14.4. The second-order valence-corrected chi connectivity index (χ2v) is 5.01. The van der Waals surface area contributed by atoms with Crippen LogP contribution in [0.15, 0.2) is 22.7 Å². The summed E-state index contributed by atoms with van der Waals surface area (Å²) in [5, 5.41) is 9.17. The van der Waals surface area contributed by atoms with Crippen LogP contribution in [-0.4, -0.2) is 0 Å². The van der Waals surface area contributed by atoms with Crippen LogP contribution >= 0.6 is 15.9 Å². The van der Waals surface area contributed by atoms with Gasteiger partial charge in [0.15, 0.2) is 0 Å². The summed E-state index contributed by atoms with van der Waals surface area (Å²) in [6.45, 7) is 5.61. The maximum Gasteiger partial charge on any atom is 0.129 e. The quantitative estimate of drug-likeness (QED) is 0.796. The number of nitrogens with zero attached hydrogens (tertiary/aromatic N) is 1. The van der Waals surface area contributed by atoms with E-state index in [1.54, 1.807) is 19.1 Å². The maximum absolute atomic E-state index is 13.7. The second kappa shape index (κ2) is 4.32. The Balaban J connectivity index is 3.32. The first kappa shape index (κ1) is 12.2. The Morgan fingerprint density at radius 1 is 1.47 bits per heavy atom. The fraction of sp³-hybridized carbons (Fsp3) is 0.417. The average molecular weight is 270 g/mol. The van der Waals surface area contributed by atoms with Crippen molar-refractivity contribution in [3.63, 3.8) is 0 Å². The number of halogens is 2. The van der Waals surface area contributed by atoms with Gasteiger partial charge in [0.1, 0.15) is 5.82 Å². The van der Waals surface area contributed by atoms with Crippen molar-refractivity contribution in [2.75, 3.05) is 0 Å². The molecule has 0 amide bonds. The monoisotopic (exact) mass is 269 g/mol. The molecule has 1 nitrogen and oxygen atoms in total. The van der Waals surface area contributed by atoms with Crippen LogP contribution in [0.5, 0.6) is 0 Å². The Labute approximate surface area is 98.0 Å². The predicted molar refractivity (Wildman–Crippen MR) is 61.9 cm³/mol. The number of rotatable bonds is 2. The van der Waals surface area contributed by atoms with Crippen molar-refractivity contribution in [2.24, 2.45) is 5.92 Å². The van der Waals surface area contributed by atoms with Gasteiger partial charge < -0.3 is 0 Å². The topological polar surface area (TPSA) is 23.8 Å². The van der Waals surface area contributed by atoms with Crippen molar-refractivity contribution < 1.29 is 4.39 Å². The van der Waals surface area contributed by atoms with Crippen molar-refractivity contribution in [2.45, 2.75) is 26.2 Å². The van der Waals surface area contributed by atoms with Gasteiger partial charge in [0.25, 0.3) is 0 Å². The molecule has 1 aromatic rings. The molecule has 1 atom stereocenters. The number of hydrogen-bond donors (Lipinski definition) is 0. The molecule has 3 heteroatoms. The summed E-state index contributed by atoms with van der Waals surface area (Å²) in [5.74, 6) is -0.264. The molecule has 80 valence electrons. The summed E-state index contributed by atoms with van der Waals surface area (Å²) in [4.78, 5) is 0. The van der Waals surface area contributed by atoms with Crippen molar-refractivity contribution in [1.29, 1.82) is 5.26 Å². The molecule has 0 aliphatic heterocycles. The van der Waals surface area contributed by atoms with Gasteiger partial charge in [-0.05, 0) is 25.0 Å². The Hall–Kier alpha value is -0.880. The molecule has 0 saturated carbocycles. The molecule has 0 saturated heterocycles. The lowest BCUT2D eigenvalue weighted by Crippen LogP contribution is -2.27. The van der Waals surface area contributed by atoms with Crippen LogP contribution in [0.3, 0.4) is 0 Å². The zero-order valence-corrected chi connectivity index (χ0v) is 10.6. The first-order chi connectivity index (χ1) is 6.91.